The first-order valence-electron chi connectivity index (χ1n) is 16.6. The lowest BCUT2D eigenvalue weighted by Gasteiger charge is -2.36. The number of benzene rings is 3. The number of likely N-dealkylation sites (tertiary alicyclic amines) is 1. The van der Waals surface area contributed by atoms with Gasteiger partial charge in [-0.1, -0.05) is 17.7 Å². The molecule has 6 amide bonds. The van der Waals surface area contributed by atoms with Crippen molar-refractivity contribution in [3.8, 4) is 28.7 Å². The van der Waals surface area contributed by atoms with Crippen LogP contribution in [0.1, 0.15) is 50.7 Å². The van der Waals surface area contributed by atoms with E-state index in [2.05, 4.69) is 10.6 Å². The summed E-state index contributed by atoms with van der Waals surface area (Å²) in [7, 11) is -1.98. The smallest absolute Gasteiger partial charge is 0.534 e. The maximum Gasteiger partial charge on any atom is 0.547 e. The first-order chi connectivity index (χ1) is 26.4. The summed E-state index contributed by atoms with van der Waals surface area (Å²) in [6.07, 6.45) is -0.0912. The Morgan fingerprint density at radius 2 is 1.59 bits per heavy atom. The average Bonchev–Trinajstić information content (AvgIpc) is 3.56. The van der Waals surface area contributed by atoms with Gasteiger partial charge in [0.05, 0.1) is 16.5 Å². The van der Waals surface area contributed by atoms with Gasteiger partial charge in [-0.05, 0) is 43.0 Å². The van der Waals surface area contributed by atoms with Gasteiger partial charge in [-0.2, -0.15) is 4.39 Å². The molecule has 0 unspecified atom stereocenters. The summed E-state index contributed by atoms with van der Waals surface area (Å²) in [5.74, 6) is -16.7. The van der Waals surface area contributed by atoms with Gasteiger partial charge in [-0.15, -0.1) is 0 Å². The molecule has 0 aromatic heterocycles. The molecule has 0 radical (unpaired) electrons. The summed E-state index contributed by atoms with van der Waals surface area (Å²) in [4.78, 5) is 68.6. The molecule has 3 heterocycles. The predicted molar refractivity (Wildman–Crippen MR) is 181 cm³/mol. The molecule has 3 aromatic carbocycles. The van der Waals surface area contributed by atoms with Crippen molar-refractivity contribution >= 4 is 48.6 Å². The molecule has 2 saturated heterocycles. The highest BCUT2D eigenvalue weighted by Crippen LogP contribution is 2.41. The van der Waals surface area contributed by atoms with Crippen LogP contribution in [-0.4, -0.2) is 120 Å². The molecule has 56 heavy (non-hydrogen) atoms. The minimum absolute atomic E-state index is 0.0324. The number of imide groups is 1. The van der Waals surface area contributed by atoms with E-state index in [1.165, 1.54) is 4.90 Å². The molecule has 6 rings (SSSR count). The topological polar surface area (TPSA) is 250 Å². The van der Waals surface area contributed by atoms with Crippen molar-refractivity contribution in [3.63, 3.8) is 0 Å². The number of carboxylic acid groups (broad SMARTS) is 1. The van der Waals surface area contributed by atoms with Crippen molar-refractivity contribution in [2.45, 2.75) is 37.3 Å². The zero-order chi connectivity index (χ0) is 40.9. The molecule has 3 aliphatic rings. The number of carbonyl (C=O) groups excluding carboxylic acids is 4. The zero-order valence-corrected chi connectivity index (χ0v) is 29.2. The molecule has 0 bridgehead atoms. The van der Waals surface area contributed by atoms with E-state index < -0.39 is 129 Å². The van der Waals surface area contributed by atoms with Crippen molar-refractivity contribution in [1.82, 2.24) is 25.3 Å². The van der Waals surface area contributed by atoms with Gasteiger partial charge in [-0.25, -0.2) is 32.5 Å². The van der Waals surface area contributed by atoms with E-state index in [1.54, 1.807) is 0 Å². The molecule has 0 aliphatic carbocycles. The number of carboxylic acids is 1. The monoisotopic (exact) mass is 809 g/mol. The summed E-state index contributed by atoms with van der Waals surface area (Å²) >= 11 is 6.16. The van der Waals surface area contributed by atoms with Crippen LogP contribution >= 0.6 is 11.6 Å². The lowest BCUT2D eigenvalue weighted by atomic mass is 9.72. The predicted octanol–water partition coefficient (Wildman–Crippen LogP) is 2.35. The number of hydrogen-bond donors (Lipinski definition) is 8. The molecule has 8 N–H and O–H groups in total. The van der Waals surface area contributed by atoms with Gasteiger partial charge in [0.2, 0.25) is 11.7 Å². The third-order valence-electron chi connectivity index (χ3n) is 9.66. The summed E-state index contributed by atoms with van der Waals surface area (Å²) in [5, 5.41) is 63.2. The highest BCUT2D eigenvalue weighted by atomic mass is 35.5. The standard InChI is InChI=1S/C33H29BClF4N5O12/c35-21-14(10-17(37)25(46)26(21)47)24(29(49)40-19-9-12-1-2-16(36)20(31(51)52)28(12)56-34(19)55)41-32(53)44-8-7-43(33(44)54)13-3-5-42(6-4-13)30(50)15-11-18(45)23(39)27(48)22(15)38/h1-2,10-11,13,19,24,45-48,55H,3-9H2,(H,40,49)(H,41,53)(H,51,52)/t19-,24-/m0/s1. The second kappa shape index (κ2) is 15.2. The molecule has 2 atom stereocenters. The molecule has 17 nitrogen and oxygen atoms in total. The SMILES string of the molecule is O=C(O)c1c(F)ccc2c1OB(O)[C@@H](NC(=O)[C@@H](NC(=O)N1CCN(C3CCN(C(=O)c4cc(O)c(F)c(O)c4F)CC3)C1=O)c1cc(F)c(O)c(O)c1Cl)C2. The number of phenolic OH excluding ortho intramolecular Hbond substituents is 4. The van der Waals surface area contributed by atoms with Gasteiger partial charge in [0.25, 0.3) is 5.91 Å². The van der Waals surface area contributed by atoms with E-state index in [0.29, 0.717) is 17.0 Å². The van der Waals surface area contributed by atoms with E-state index in [0.717, 1.165) is 17.0 Å². The number of nitrogens with zero attached hydrogens (tertiary/aromatic N) is 3. The first-order valence-corrected chi connectivity index (χ1v) is 17.0. The van der Waals surface area contributed by atoms with Gasteiger partial charge in [0.1, 0.15) is 23.2 Å². The van der Waals surface area contributed by atoms with Crippen LogP contribution in [0.5, 0.6) is 28.7 Å². The van der Waals surface area contributed by atoms with Gasteiger partial charge < -0.3 is 55.6 Å². The van der Waals surface area contributed by atoms with Crippen LogP contribution in [0, 0.1) is 23.3 Å². The number of carbonyl (C=O) groups is 5. The number of halogens is 5. The van der Waals surface area contributed by atoms with E-state index in [1.807, 2.05) is 0 Å². The zero-order valence-electron chi connectivity index (χ0n) is 28.4. The van der Waals surface area contributed by atoms with Crippen LogP contribution in [0.3, 0.4) is 0 Å². The summed E-state index contributed by atoms with van der Waals surface area (Å²) < 4.78 is 62.2. The van der Waals surface area contributed by atoms with E-state index in [-0.39, 0.29) is 51.0 Å². The fourth-order valence-corrected chi connectivity index (χ4v) is 6.99. The molecular formula is C33H29BClF4N5O12. The van der Waals surface area contributed by atoms with Crippen molar-refractivity contribution in [3.05, 3.63) is 74.8 Å². The Morgan fingerprint density at radius 1 is 0.911 bits per heavy atom. The normalized spacial score (nSPS) is 17.7. The van der Waals surface area contributed by atoms with Crippen LogP contribution in [0.2, 0.25) is 5.02 Å². The third kappa shape index (κ3) is 7.07. The number of rotatable bonds is 7. The average molecular weight is 810 g/mol. The molecule has 0 spiro atoms. The van der Waals surface area contributed by atoms with Gasteiger partial charge >= 0.3 is 25.1 Å². The maximum atomic E-state index is 14.7. The number of aromatic hydroxyl groups is 4. The van der Waals surface area contributed by atoms with Gasteiger partial charge in [0.15, 0.2) is 34.6 Å². The van der Waals surface area contributed by atoms with E-state index in [4.69, 9.17) is 16.3 Å². The number of aromatic carboxylic acids is 1. The van der Waals surface area contributed by atoms with Crippen molar-refractivity contribution in [1.29, 1.82) is 0 Å². The molecular weight excluding hydrogens is 781 g/mol. The van der Waals surface area contributed by atoms with Gasteiger partial charge in [-0.3, -0.25) is 9.59 Å². The summed E-state index contributed by atoms with van der Waals surface area (Å²) in [6, 6.07) is -1.61. The quantitative estimate of drug-likeness (QED) is 0.0974. The minimum Gasteiger partial charge on any atom is -0.534 e. The molecule has 23 heteroatoms. The number of piperidine rings is 1. The van der Waals surface area contributed by atoms with Crippen molar-refractivity contribution in [2.75, 3.05) is 26.2 Å². The molecule has 2 fully saturated rings. The van der Waals surface area contributed by atoms with Crippen LogP contribution in [0.25, 0.3) is 0 Å². The Morgan fingerprint density at radius 3 is 2.25 bits per heavy atom. The number of phenols is 4. The summed E-state index contributed by atoms with van der Waals surface area (Å²) in [5.41, 5.74) is -2.19. The minimum atomic E-state index is -2.03. The number of amides is 6. The van der Waals surface area contributed by atoms with E-state index in [9.17, 15) is 72.1 Å². The van der Waals surface area contributed by atoms with Crippen molar-refractivity contribution < 1.29 is 76.7 Å². The lowest BCUT2D eigenvalue weighted by molar-refractivity contribution is -0.123. The third-order valence-corrected chi connectivity index (χ3v) is 10.1. The molecule has 3 aromatic rings. The summed E-state index contributed by atoms with van der Waals surface area (Å²) in [6.45, 7) is -0.380. The number of urea groups is 2. The van der Waals surface area contributed by atoms with E-state index >= 15 is 0 Å². The molecule has 296 valence electrons. The van der Waals surface area contributed by atoms with Crippen LogP contribution in [-0.2, 0) is 11.2 Å². The Balaban J connectivity index is 1.17. The van der Waals surface area contributed by atoms with Gasteiger partial charge in [0, 0.05) is 37.8 Å². The highest BCUT2D eigenvalue weighted by molar-refractivity contribution is 6.47. The van der Waals surface area contributed by atoms with Crippen LogP contribution in [0.15, 0.2) is 24.3 Å². The number of fused-ring (bicyclic) bond motifs is 1. The number of nitrogens with one attached hydrogen (secondary N) is 2. The number of hydrogen-bond acceptors (Lipinski definition) is 11. The highest BCUT2D eigenvalue weighted by Gasteiger charge is 2.43. The van der Waals surface area contributed by atoms with Crippen LogP contribution < -0.4 is 15.3 Å². The Labute approximate surface area is 317 Å². The lowest BCUT2D eigenvalue weighted by Crippen LogP contribution is -2.56. The Hall–Kier alpha value is -6.16. The first kappa shape index (κ1) is 39.5. The van der Waals surface area contributed by atoms with Crippen LogP contribution in [0.4, 0.5) is 27.2 Å². The molecule has 3 aliphatic heterocycles. The fraction of sp³-hybridized carbons (Fsp3) is 0.303. The Kier molecular flexibility index (Phi) is 10.7. The second-order valence-electron chi connectivity index (χ2n) is 13.0. The largest absolute Gasteiger partial charge is 0.547 e. The van der Waals surface area contributed by atoms with Crippen molar-refractivity contribution in [2.24, 2.45) is 0 Å². The second-order valence-corrected chi connectivity index (χ2v) is 13.3. The maximum absolute atomic E-state index is 14.7. The Bertz CT molecular complexity index is 2180. The fourth-order valence-electron chi connectivity index (χ4n) is 6.74. The molecule has 0 saturated carbocycles.